The Morgan fingerprint density at radius 1 is 1.26 bits per heavy atom. The first-order valence-corrected chi connectivity index (χ1v) is 9.90. The number of aromatic nitrogens is 4. The summed E-state index contributed by atoms with van der Waals surface area (Å²) >= 11 is 0. The molecular weight excluding hydrogens is 338 g/mol. The van der Waals surface area contributed by atoms with Crippen LogP contribution in [0.1, 0.15) is 59.2 Å². The lowest BCUT2D eigenvalue weighted by molar-refractivity contribution is -0.141. The SMILES string of the molecule is CC(C)n1nccc1-c1cnc(CC2CCCN(C(=O)C(C)(C)C)C2)cn1. The summed E-state index contributed by atoms with van der Waals surface area (Å²) in [5, 5.41) is 4.36. The number of hydrogen-bond acceptors (Lipinski definition) is 4. The number of nitrogens with zero attached hydrogens (tertiary/aromatic N) is 5. The van der Waals surface area contributed by atoms with Crippen molar-refractivity contribution in [3.63, 3.8) is 0 Å². The van der Waals surface area contributed by atoms with E-state index in [1.54, 1.807) is 6.20 Å². The normalized spacial score (nSPS) is 18.1. The highest BCUT2D eigenvalue weighted by atomic mass is 16.2. The molecule has 2 aromatic heterocycles. The molecule has 3 rings (SSSR count). The van der Waals surface area contributed by atoms with E-state index in [9.17, 15) is 4.79 Å². The van der Waals surface area contributed by atoms with E-state index in [-0.39, 0.29) is 17.4 Å². The van der Waals surface area contributed by atoms with Crippen molar-refractivity contribution in [1.82, 2.24) is 24.6 Å². The molecule has 3 heterocycles. The maximum absolute atomic E-state index is 12.6. The highest BCUT2D eigenvalue weighted by Gasteiger charge is 2.31. The van der Waals surface area contributed by atoms with Gasteiger partial charge in [-0.25, -0.2) is 0 Å². The zero-order chi connectivity index (χ0) is 19.6. The number of amides is 1. The van der Waals surface area contributed by atoms with E-state index >= 15 is 0 Å². The second kappa shape index (κ2) is 7.79. The second-order valence-corrected chi connectivity index (χ2v) is 8.86. The van der Waals surface area contributed by atoms with Crippen molar-refractivity contribution in [3.8, 4) is 11.4 Å². The Labute approximate surface area is 162 Å². The minimum Gasteiger partial charge on any atom is -0.342 e. The van der Waals surface area contributed by atoms with Gasteiger partial charge in [-0.3, -0.25) is 19.4 Å². The maximum atomic E-state index is 12.6. The van der Waals surface area contributed by atoms with Crippen molar-refractivity contribution in [2.24, 2.45) is 11.3 Å². The molecule has 0 aliphatic carbocycles. The summed E-state index contributed by atoms with van der Waals surface area (Å²) in [6.45, 7) is 11.9. The van der Waals surface area contributed by atoms with E-state index in [1.165, 1.54) is 0 Å². The first kappa shape index (κ1) is 19.5. The monoisotopic (exact) mass is 369 g/mol. The lowest BCUT2D eigenvalue weighted by Gasteiger charge is -2.36. The van der Waals surface area contributed by atoms with Gasteiger partial charge in [0.2, 0.25) is 5.91 Å². The number of carbonyl (C=O) groups is 1. The van der Waals surface area contributed by atoms with Gasteiger partial charge in [0.1, 0.15) is 5.69 Å². The third-order valence-corrected chi connectivity index (χ3v) is 5.07. The molecule has 1 saturated heterocycles. The topological polar surface area (TPSA) is 63.9 Å². The van der Waals surface area contributed by atoms with Crippen molar-refractivity contribution < 1.29 is 4.79 Å². The van der Waals surface area contributed by atoms with Gasteiger partial charge in [0.05, 0.1) is 17.6 Å². The molecule has 27 heavy (non-hydrogen) atoms. The van der Waals surface area contributed by atoms with Crippen LogP contribution in [0.3, 0.4) is 0 Å². The fourth-order valence-corrected chi connectivity index (χ4v) is 3.71. The standard InChI is InChI=1S/C21H31N5O/c1-15(2)26-19(8-9-24-26)18-13-22-17(12-23-18)11-16-7-6-10-25(14-16)20(27)21(3,4)5/h8-9,12-13,15-16H,6-7,10-11,14H2,1-5H3. The smallest absolute Gasteiger partial charge is 0.227 e. The Kier molecular flexibility index (Phi) is 5.63. The molecule has 2 aromatic rings. The van der Waals surface area contributed by atoms with Gasteiger partial charge in [0.25, 0.3) is 0 Å². The van der Waals surface area contributed by atoms with Crippen LogP contribution < -0.4 is 0 Å². The van der Waals surface area contributed by atoms with Gasteiger partial charge < -0.3 is 4.90 Å². The fourth-order valence-electron chi connectivity index (χ4n) is 3.71. The summed E-state index contributed by atoms with van der Waals surface area (Å²) in [6, 6.07) is 2.26. The van der Waals surface area contributed by atoms with Crippen LogP contribution in [-0.4, -0.2) is 43.6 Å². The van der Waals surface area contributed by atoms with E-state index in [2.05, 4.69) is 28.9 Å². The predicted octanol–water partition coefficient (Wildman–Crippen LogP) is 3.75. The molecule has 0 radical (unpaired) electrons. The third-order valence-electron chi connectivity index (χ3n) is 5.07. The summed E-state index contributed by atoms with van der Waals surface area (Å²) in [5.41, 5.74) is 2.51. The van der Waals surface area contributed by atoms with E-state index in [4.69, 9.17) is 0 Å². The van der Waals surface area contributed by atoms with E-state index in [0.29, 0.717) is 5.92 Å². The van der Waals surface area contributed by atoms with Gasteiger partial charge in [-0.05, 0) is 45.1 Å². The van der Waals surface area contributed by atoms with Gasteiger partial charge in [-0.15, -0.1) is 0 Å². The lowest BCUT2D eigenvalue weighted by atomic mass is 9.89. The summed E-state index contributed by atoms with van der Waals surface area (Å²) < 4.78 is 1.96. The predicted molar refractivity (Wildman–Crippen MR) is 106 cm³/mol. The minimum atomic E-state index is -0.317. The molecule has 0 saturated carbocycles. The van der Waals surface area contributed by atoms with Crippen molar-refractivity contribution in [2.75, 3.05) is 13.1 Å². The first-order chi connectivity index (χ1) is 12.8. The van der Waals surface area contributed by atoms with Crippen LogP contribution in [-0.2, 0) is 11.2 Å². The molecule has 0 N–H and O–H groups in total. The van der Waals surface area contributed by atoms with E-state index < -0.39 is 0 Å². The molecule has 1 aliphatic rings. The minimum absolute atomic E-state index is 0.246. The summed E-state index contributed by atoms with van der Waals surface area (Å²) in [5.74, 6) is 0.696. The second-order valence-electron chi connectivity index (χ2n) is 8.86. The van der Waals surface area contributed by atoms with Gasteiger partial charge in [0.15, 0.2) is 0 Å². The van der Waals surface area contributed by atoms with Gasteiger partial charge in [-0.2, -0.15) is 5.10 Å². The molecule has 1 fully saturated rings. The Morgan fingerprint density at radius 2 is 2.04 bits per heavy atom. The lowest BCUT2D eigenvalue weighted by Crippen LogP contribution is -2.45. The number of likely N-dealkylation sites (tertiary alicyclic amines) is 1. The summed E-state index contributed by atoms with van der Waals surface area (Å²) in [4.78, 5) is 23.9. The molecule has 1 unspecified atom stereocenters. The van der Waals surface area contributed by atoms with Crippen LogP contribution in [0.4, 0.5) is 0 Å². The van der Waals surface area contributed by atoms with Crippen molar-refractivity contribution in [3.05, 3.63) is 30.4 Å². The number of piperidine rings is 1. The molecule has 0 spiro atoms. The average Bonchev–Trinajstić information content (AvgIpc) is 3.11. The third kappa shape index (κ3) is 4.54. The van der Waals surface area contributed by atoms with Gasteiger partial charge in [-0.1, -0.05) is 20.8 Å². The van der Waals surface area contributed by atoms with E-state index in [0.717, 1.165) is 49.4 Å². The van der Waals surface area contributed by atoms with Gasteiger partial charge in [0, 0.05) is 36.9 Å². The summed E-state index contributed by atoms with van der Waals surface area (Å²) in [6.07, 6.45) is 8.57. The number of carbonyl (C=O) groups excluding carboxylic acids is 1. The van der Waals surface area contributed by atoms with Crippen molar-refractivity contribution in [2.45, 2.75) is 59.9 Å². The number of rotatable bonds is 4. The zero-order valence-electron chi connectivity index (χ0n) is 17.1. The van der Waals surface area contributed by atoms with Crippen LogP contribution >= 0.6 is 0 Å². The molecule has 6 nitrogen and oxygen atoms in total. The highest BCUT2D eigenvalue weighted by molar-refractivity contribution is 5.81. The quantitative estimate of drug-likeness (QED) is 0.823. The molecule has 1 aliphatic heterocycles. The van der Waals surface area contributed by atoms with Crippen molar-refractivity contribution in [1.29, 1.82) is 0 Å². The molecule has 0 aromatic carbocycles. The maximum Gasteiger partial charge on any atom is 0.227 e. The zero-order valence-corrected chi connectivity index (χ0v) is 17.1. The molecule has 146 valence electrons. The highest BCUT2D eigenvalue weighted by Crippen LogP contribution is 2.25. The van der Waals surface area contributed by atoms with Crippen LogP contribution in [0, 0.1) is 11.3 Å². The van der Waals surface area contributed by atoms with Gasteiger partial charge >= 0.3 is 0 Å². The molecule has 0 bridgehead atoms. The average molecular weight is 370 g/mol. The Morgan fingerprint density at radius 3 is 2.67 bits per heavy atom. The van der Waals surface area contributed by atoms with Crippen LogP contribution in [0.5, 0.6) is 0 Å². The molecule has 6 heteroatoms. The van der Waals surface area contributed by atoms with Crippen molar-refractivity contribution >= 4 is 5.91 Å². The largest absolute Gasteiger partial charge is 0.342 e. The molecular formula is C21H31N5O. The molecule has 1 atom stereocenters. The fraction of sp³-hybridized carbons (Fsp3) is 0.619. The first-order valence-electron chi connectivity index (χ1n) is 9.90. The van der Waals surface area contributed by atoms with E-state index in [1.807, 2.05) is 48.8 Å². The summed E-state index contributed by atoms with van der Waals surface area (Å²) in [7, 11) is 0. The van der Waals surface area contributed by atoms with Crippen LogP contribution in [0.25, 0.3) is 11.4 Å². The Balaban J connectivity index is 1.66. The number of hydrogen-bond donors (Lipinski definition) is 0. The van der Waals surface area contributed by atoms with Crippen LogP contribution in [0.15, 0.2) is 24.7 Å². The Bertz CT molecular complexity index is 773. The van der Waals surface area contributed by atoms with Crippen LogP contribution in [0.2, 0.25) is 0 Å². The Hall–Kier alpha value is -2.24. The molecule has 1 amide bonds.